The highest BCUT2D eigenvalue weighted by Gasteiger charge is 2.21. The number of pyridine rings is 1. The van der Waals surface area contributed by atoms with Crippen molar-refractivity contribution in [2.45, 2.75) is 0 Å². The molecule has 0 radical (unpaired) electrons. The number of hydrogen-bond acceptors (Lipinski definition) is 9. The topological polar surface area (TPSA) is 125 Å². The fourth-order valence-corrected chi connectivity index (χ4v) is 3.53. The molecule has 3 heterocycles. The summed E-state index contributed by atoms with van der Waals surface area (Å²) in [6, 6.07) is 7.21. The van der Waals surface area contributed by atoms with Crippen LogP contribution in [0.3, 0.4) is 0 Å². The van der Waals surface area contributed by atoms with Crippen molar-refractivity contribution >= 4 is 23.1 Å². The second kappa shape index (κ2) is 9.48. The Hall–Kier alpha value is -3.92. The number of aromatic nitrogens is 3. The number of morpholine rings is 1. The molecule has 10 heteroatoms. The Kier molecular flexibility index (Phi) is 6.31. The van der Waals surface area contributed by atoms with E-state index in [9.17, 15) is 4.79 Å². The van der Waals surface area contributed by atoms with Gasteiger partial charge in [-0.1, -0.05) is 6.07 Å². The van der Waals surface area contributed by atoms with Gasteiger partial charge in [0.25, 0.3) is 5.91 Å². The van der Waals surface area contributed by atoms with Gasteiger partial charge in [0.1, 0.15) is 11.5 Å². The number of anilines is 3. The number of ether oxygens (including phenoxy) is 3. The first-order valence-corrected chi connectivity index (χ1v) is 10.0. The van der Waals surface area contributed by atoms with Crippen molar-refractivity contribution < 1.29 is 19.0 Å². The van der Waals surface area contributed by atoms with E-state index in [0.717, 1.165) is 18.8 Å². The summed E-state index contributed by atoms with van der Waals surface area (Å²) in [5.41, 5.74) is 8.39. The van der Waals surface area contributed by atoms with E-state index in [-0.39, 0.29) is 11.5 Å². The van der Waals surface area contributed by atoms with Crippen LogP contribution < -0.4 is 25.4 Å². The molecule has 0 atom stereocenters. The van der Waals surface area contributed by atoms with E-state index in [1.807, 2.05) is 6.07 Å². The highest BCUT2D eigenvalue weighted by molar-refractivity contribution is 6.07. The van der Waals surface area contributed by atoms with Crippen LogP contribution in [0.15, 0.2) is 42.9 Å². The van der Waals surface area contributed by atoms with Gasteiger partial charge < -0.3 is 30.2 Å². The molecule has 3 aromatic rings. The first kappa shape index (κ1) is 21.3. The van der Waals surface area contributed by atoms with E-state index in [1.165, 1.54) is 6.20 Å². The number of carbonyl (C=O) groups is 1. The molecular formula is C22H24N6O4. The zero-order chi connectivity index (χ0) is 22.5. The van der Waals surface area contributed by atoms with E-state index in [4.69, 9.17) is 19.9 Å². The maximum atomic E-state index is 13.1. The van der Waals surface area contributed by atoms with Gasteiger partial charge in [0, 0.05) is 19.3 Å². The fourth-order valence-electron chi connectivity index (χ4n) is 3.53. The van der Waals surface area contributed by atoms with Crippen molar-refractivity contribution in [1.82, 2.24) is 15.0 Å². The van der Waals surface area contributed by atoms with Crippen molar-refractivity contribution in [2.24, 2.45) is 0 Å². The summed E-state index contributed by atoms with van der Waals surface area (Å²) in [5.74, 6) is 0.596. The minimum Gasteiger partial charge on any atom is -0.496 e. The first-order valence-electron chi connectivity index (χ1n) is 10.0. The second-order valence-corrected chi connectivity index (χ2v) is 6.97. The summed E-state index contributed by atoms with van der Waals surface area (Å²) in [6.07, 6.45) is 4.76. The Bertz CT molecular complexity index is 1100. The zero-order valence-corrected chi connectivity index (χ0v) is 17.9. The number of nitrogens with zero attached hydrogens (tertiary/aromatic N) is 4. The van der Waals surface area contributed by atoms with E-state index in [2.05, 4.69) is 25.2 Å². The lowest BCUT2D eigenvalue weighted by molar-refractivity contribution is 0.102. The Morgan fingerprint density at radius 2 is 1.84 bits per heavy atom. The van der Waals surface area contributed by atoms with E-state index in [1.54, 1.807) is 44.8 Å². The first-order chi connectivity index (χ1) is 15.6. The maximum Gasteiger partial charge on any atom is 0.278 e. The van der Waals surface area contributed by atoms with E-state index < -0.39 is 5.91 Å². The van der Waals surface area contributed by atoms with Gasteiger partial charge in [-0.2, -0.15) is 0 Å². The third-order valence-corrected chi connectivity index (χ3v) is 5.10. The molecule has 1 fully saturated rings. The molecule has 1 amide bonds. The molecule has 0 bridgehead atoms. The van der Waals surface area contributed by atoms with Gasteiger partial charge >= 0.3 is 0 Å². The average molecular weight is 436 g/mol. The molecule has 0 saturated carbocycles. The number of nitrogens with two attached hydrogens (primary N) is 1. The Morgan fingerprint density at radius 1 is 1.12 bits per heavy atom. The van der Waals surface area contributed by atoms with Gasteiger partial charge in [-0.05, 0) is 18.2 Å². The minimum atomic E-state index is -0.492. The molecule has 3 N–H and O–H groups in total. The van der Waals surface area contributed by atoms with Crippen LogP contribution >= 0.6 is 0 Å². The van der Waals surface area contributed by atoms with Crippen LogP contribution in [0, 0.1) is 0 Å². The number of nitrogens with one attached hydrogen (secondary N) is 1. The molecule has 4 rings (SSSR count). The molecule has 2 aromatic heterocycles. The van der Waals surface area contributed by atoms with Gasteiger partial charge in [0.05, 0.1) is 62.5 Å². The van der Waals surface area contributed by atoms with Gasteiger partial charge in [-0.3, -0.25) is 9.78 Å². The molecule has 10 nitrogen and oxygen atoms in total. The zero-order valence-electron chi connectivity index (χ0n) is 17.9. The third kappa shape index (κ3) is 4.26. The van der Waals surface area contributed by atoms with Crippen molar-refractivity contribution in [2.75, 3.05) is 56.5 Å². The minimum absolute atomic E-state index is 0.00719. The van der Waals surface area contributed by atoms with Crippen LogP contribution in [0.2, 0.25) is 0 Å². The third-order valence-electron chi connectivity index (χ3n) is 5.10. The van der Waals surface area contributed by atoms with E-state index >= 15 is 0 Å². The average Bonchev–Trinajstić information content (AvgIpc) is 2.84. The predicted octanol–water partition coefficient (Wildman–Crippen LogP) is 2.23. The number of benzene rings is 1. The summed E-state index contributed by atoms with van der Waals surface area (Å²) in [4.78, 5) is 28.1. The van der Waals surface area contributed by atoms with Gasteiger partial charge in [0.15, 0.2) is 11.5 Å². The molecule has 1 aliphatic heterocycles. The quantitative estimate of drug-likeness (QED) is 0.598. The number of hydrogen-bond donors (Lipinski definition) is 2. The second-order valence-electron chi connectivity index (χ2n) is 6.97. The molecule has 166 valence electrons. The van der Waals surface area contributed by atoms with Gasteiger partial charge in [-0.25, -0.2) is 9.97 Å². The number of nitrogen functional groups attached to an aromatic ring is 1. The van der Waals surface area contributed by atoms with Crippen LogP contribution in [-0.2, 0) is 4.74 Å². The van der Waals surface area contributed by atoms with Crippen LogP contribution in [0.1, 0.15) is 10.5 Å². The lowest BCUT2D eigenvalue weighted by Gasteiger charge is -2.30. The molecule has 32 heavy (non-hydrogen) atoms. The Balaban J connectivity index is 1.67. The molecule has 1 aromatic carbocycles. The maximum absolute atomic E-state index is 13.1. The summed E-state index contributed by atoms with van der Waals surface area (Å²) >= 11 is 0. The summed E-state index contributed by atoms with van der Waals surface area (Å²) in [7, 11) is 3.10. The Morgan fingerprint density at radius 3 is 2.53 bits per heavy atom. The molecular weight excluding hydrogens is 412 g/mol. The summed E-state index contributed by atoms with van der Waals surface area (Å²) in [6.45, 7) is 2.68. The number of methoxy groups -OCH3 is 2. The summed E-state index contributed by atoms with van der Waals surface area (Å²) in [5, 5.41) is 2.87. The van der Waals surface area contributed by atoms with Crippen LogP contribution in [0.5, 0.6) is 11.5 Å². The lowest BCUT2D eigenvalue weighted by atomic mass is 10.1. The summed E-state index contributed by atoms with van der Waals surface area (Å²) < 4.78 is 16.3. The van der Waals surface area contributed by atoms with Gasteiger partial charge in [-0.15, -0.1) is 0 Å². The monoisotopic (exact) mass is 436 g/mol. The van der Waals surface area contributed by atoms with Crippen LogP contribution in [-0.4, -0.2) is 61.4 Å². The predicted molar refractivity (Wildman–Crippen MR) is 120 cm³/mol. The number of carbonyl (C=O) groups excluding carboxylic acids is 1. The Labute approximate surface area is 185 Å². The van der Waals surface area contributed by atoms with Crippen molar-refractivity contribution in [3.8, 4) is 22.8 Å². The van der Waals surface area contributed by atoms with E-state index in [0.29, 0.717) is 41.7 Å². The normalized spacial score (nSPS) is 13.5. The highest BCUT2D eigenvalue weighted by Crippen LogP contribution is 2.37. The van der Waals surface area contributed by atoms with Crippen LogP contribution in [0.4, 0.5) is 17.2 Å². The molecule has 0 spiro atoms. The van der Waals surface area contributed by atoms with Crippen molar-refractivity contribution in [1.29, 1.82) is 0 Å². The molecule has 1 saturated heterocycles. The lowest BCUT2D eigenvalue weighted by Crippen LogP contribution is -2.36. The highest BCUT2D eigenvalue weighted by atomic mass is 16.5. The van der Waals surface area contributed by atoms with Gasteiger partial charge in [0.2, 0.25) is 0 Å². The van der Waals surface area contributed by atoms with Crippen molar-refractivity contribution in [3.05, 3.63) is 48.5 Å². The number of rotatable bonds is 6. The molecule has 1 aliphatic rings. The molecule has 0 aliphatic carbocycles. The SMILES string of the molecule is COc1cccc(OC)c1-c1cnc(N)c(C(=O)Nc2cnccc2N2CCOCC2)n1. The number of amides is 1. The standard InChI is InChI=1S/C22H24N6O4/c1-30-17-4-3-5-18(31-2)19(17)15-13-25-21(23)20(26-15)22(29)27-14-12-24-7-6-16(14)28-8-10-32-11-9-28/h3-7,12-13H,8-11H2,1-2H3,(H2,23,25)(H,27,29). The smallest absolute Gasteiger partial charge is 0.278 e. The van der Waals surface area contributed by atoms with Crippen molar-refractivity contribution in [3.63, 3.8) is 0 Å². The van der Waals surface area contributed by atoms with Crippen LogP contribution in [0.25, 0.3) is 11.3 Å². The largest absolute Gasteiger partial charge is 0.496 e. The molecule has 0 unspecified atom stereocenters. The fraction of sp³-hybridized carbons (Fsp3) is 0.273.